The number of hydrogen-bond acceptors (Lipinski definition) is 5. The molecule has 0 amide bonds. The third kappa shape index (κ3) is 5.65. The summed E-state index contributed by atoms with van der Waals surface area (Å²) in [6.45, 7) is 7.03. The summed E-state index contributed by atoms with van der Waals surface area (Å²) >= 11 is 0. The van der Waals surface area contributed by atoms with Crippen molar-refractivity contribution in [3.05, 3.63) is 78.4 Å². The SMILES string of the molecule is CC(O)c1nccn1CC=Cc1ccc(-c2ccc(OCCN3CC(CN)C3)cc2)cc1. The number of likely N-dealkylation sites (tertiary alicyclic amines) is 1. The van der Waals surface area contributed by atoms with Crippen LogP contribution in [-0.4, -0.2) is 52.3 Å². The number of aromatic nitrogens is 2. The standard InChI is InChI=1S/C26H32N4O2/c1-20(31)26-28-12-14-30(26)13-2-3-21-4-6-23(7-5-21)24-8-10-25(11-9-24)32-16-15-29-18-22(17-27)19-29/h2-12,14,20,22,31H,13,15-19,27H2,1H3. The van der Waals surface area contributed by atoms with Gasteiger partial charge in [-0.1, -0.05) is 48.6 Å². The monoisotopic (exact) mass is 432 g/mol. The Balaban J connectivity index is 1.26. The summed E-state index contributed by atoms with van der Waals surface area (Å²) in [6.07, 6.45) is 7.18. The van der Waals surface area contributed by atoms with E-state index in [1.165, 1.54) is 11.1 Å². The fourth-order valence-electron chi connectivity index (χ4n) is 3.98. The predicted molar refractivity (Wildman–Crippen MR) is 128 cm³/mol. The number of imidazole rings is 1. The first kappa shape index (κ1) is 22.3. The molecule has 2 aromatic carbocycles. The van der Waals surface area contributed by atoms with Crippen LogP contribution >= 0.6 is 0 Å². The summed E-state index contributed by atoms with van der Waals surface area (Å²) < 4.78 is 7.83. The molecule has 0 spiro atoms. The fourth-order valence-corrected chi connectivity index (χ4v) is 3.98. The van der Waals surface area contributed by atoms with Crippen LogP contribution in [0.1, 0.15) is 24.4 Å². The molecule has 1 aliphatic rings. The minimum Gasteiger partial charge on any atom is -0.492 e. The molecule has 32 heavy (non-hydrogen) atoms. The van der Waals surface area contributed by atoms with Gasteiger partial charge in [-0.15, -0.1) is 0 Å². The number of nitrogens with zero attached hydrogens (tertiary/aromatic N) is 3. The normalized spacial score (nSPS) is 15.7. The van der Waals surface area contributed by atoms with Gasteiger partial charge in [-0.25, -0.2) is 4.98 Å². The van der Waals surface area contributed by atoms with E-state index < -0.39 is 6.10 Å². The minimum absolute atomic E-state index is 0.570. The van der Waals surface area contributed by atoms with Crippen molar-refractivity contribution < 1.29 is 9.84 Å². The first-order valence-corrected chi connectivity index (χ1v) is 11.2. The first-order chi connectivity index (χ1) is 15.6. The maximum atomic E-state index is 9.74. The molecule has 3 N–H and O–H groups in total. The number of ether oxygens (including phenoxy) is 1. The van der Waals surface area contributed by atoms with E-state index in [1.807, 2.05) is 22.9 Å². The van der Waals surface area contributed by atoms with Crippen molar-refractivity contribution in [2.45, 2.75) is 19.6 Å². The quantitative estimate of drug-likeness (QED) is 0.512. The van der Waals surface area contributed by atoms with Crippen LogP contribution in [0.4, 0.5) is 0 Å². The topological polar surface area (TPSA) is 76.5 Å². The number of allylic oxidation sites excluding steroid dienone is 1. The molecule has 6 nitrogen and oxygen atoms in total. The van der Waals surface area contributed by atoms with Crippen molar-refractivity contribution in [2.24, 2.45) is 11.7 Å². The summed E-state index contributed by atoms with van der Waals surface area (Å²) in [6, 6.07) is 16.8. The van der Waals surface area contributed by atoms with E-state index in [0.29, 0.717) is 24.9 Å². The van der Waals surface area contributed by atoms with Crippen LogP contribution < -0.4 is 10.5 Å². The highest BCUT2D eigenvalue weighted by Gasteiger charge is 2.24. The molecule has 1 saturated heterocycles. The highest BCUT2D eigenvalue weighted by atomic mass is 16.5. The third-order valence-electron chi connectivity index (χ3n) is 5.87. The Labute approximate surface area is 190 Å². The van der Waals surface area contributed by atoms with E-state index in [-0.39, 0.29) is 0 Å². The largest absolute Gasteiger partial charge is 0.492 e. The van der Waals surface area contributed by atoms with Crippen LogP contribution in [0.15, 0.2) is 67.0 Å². The van der Waals surface area contributed by atoms with Gasteiger partial charge in [-0.3, -0.25) is 4.90 Å². The van der Waals surface area contributed by atoms with Crippen LogP contribution in [0.2, 0.25) is 0 Å². The minimum atomic E-state index is -0.570. The number of nitrogens with two attached hydrogens (primary N) is 1. The summed E-state index contributed by atoms with van der Waals surface area (Å²) in [4.78, 5) is 6.57. The molecule has 0 radical (unpaired) electrons. The van der Waals surface area contributed by atoms with Gasteiger partial charge >= 0.3 is 0 Å². The molecule has 168 valence electrons. The second kappa shape index (κ2) is 10.6. The third-order valence-corrected chi connectivity index (χ3v) is 5.87. The van der Waals surface area contributed by atoms with Crippen LogP contribution in [0, 0.1) is 5.92 Å². The molecule has 0 bridgehead atoms. The van der Waals surface area contributed by atoms with Crippen LogP contribution in [0.25, 0.3) is 17.2 Å². The molecular formula is C26H32N4O2. The molecule has 1 aliphatic heterocycles. The zero-order valence-electron chi connectivity index (χ0n) is 18.6. The van der Waals surface area contributed by atoms with Gasteiger partial charge in [0.1, 0.15) is 24.3 Å². The van der Waals surface area contributed by atoms with Crippen molar-refractivity contribution in [2.75, 3.05) is 32.8 Å². The average molecular weight is 433 g/mol. The Morgan fingerprint density at radius 3 is 2.47 bits per heavy atom. The van der Waals surface area contributed by atoms with Crippen molar-refractivity contribution >= 4 is 6.08 Å². The van der Waals surface area contributed by atoms with Crippen molar-refractivity contribution in [3.8, 4) is 16.9 Å². The molecule has 4 rings (SSSR count). The molecule has 1 fully saturated rings. The molecule has 1 aromatic heterocycles. The van der Waals surface area contributed by atoms with Crippen molar-refractivity contribution in [3.63, 3.8) is 0 Å². The maximum Gasteiger partial charge on any atom is 0.137 e. The molecule has 2 heterocycles. The summed E-state index contributed by atoms with van der Waals surface area (Å²) in [5.41, 5.74) is 9.14. The van der Waals surface area contributed by atoms with Gasteiger partial charge < -0.3 is 20.1 Å². The first-order valence-electron chi connectivity index (χ1n) is 11.2. The highest BCUT2D eigenvalue weighted by Crippen LogP contribution is 2.23. The zero-order valence-corrected chi connectivity index (χ0v) is 18.6. The van der Waals surface area contributed by atoms with Gasteiger partial charge in [0.2, 0.25) is 0 Å². The number of aliphatic hydroxyl groups is 1. The van der Waals surface area contributed by atoms with Gasteiger partial charge in [0.05, 0.1) is 0 Å². The molecular weight excluding hydrogens is 400 g/mol. The van der Waals surface area contributed by atoms with Crippen molar-refractivity contribution in [1.82, 2.24) is 14.5 Å². The van der Waals surface area contributed by atoms with Crippen LogP contribution in [0.5, 0.6) is 5.75 Å². The second-order valence-corrected chi connectivity index (χ2v) is 8.37. The number of rotatable bonds is 10. The van der Waals surface area contributed by atoms with Gasteiger partial charge in [0, 0.05) is 38.6 Å². The van der Waals surface area contributed by atoms with E-state index in [2.05, 4.69) is 58.4 Å². The Morgan fingerprint density at radius 2 is 1.81 bits per heavy atom. The molecule has 1 atom stereocenters. The lowest BCUT2D eigenvalue weighted by Crippen LogP contribution is -2.50. The molecule has 0 aliphatic carbocycles. The summed E-state index contributed by atoms with van der Waals surface area (Å²) in [5, 5.41) is 9.74. The molecule has 0 saturated carbocycles. The van der Waals surface area contributed by atoms with Gasteiger partial charge in [0.25, 0.3) is 0 Å². The number of aliphatic hydroxyl groups excluding tert-OH is 1. The molecule has 3 aromatic rings. The smallest absolute Gasteiger partial charge is 0.137 e. The van der Waals surface area contributed by atoms with E-state index >= 15 is 0 Å². The van der Waals surface area contributed by atoms with E-state index in [9.17, 15) is 5.11 Å². The molecule has 6 heteroatoms. The number of benzene rings is 2. The van der Waals surface area contributed by atoms with E-state index in [4.69, 9.17) is 10.5 Å². The van der Waals surface area contributed by atoms with Crippen LogP contribution in [0.3, 0.4) is 0 Å². The lowest BCUT2D eigenvalue weighted by Gasteiger charge is -2.38. The maximum absolute atomic E-state index is 9.74. The van der Waals surface area contributed by atoms with Gasteiger partial charge in [-0.2, -0.15) is 0 Å². The lowest BCUT2D eigenvalue weighted by molar-refractivity contribution is 0.0875. The summed E-state index contributed by atoms with van der Waals surface area (Å²) in [7, 11) is 0. The fraction of sp³-hybridized carbons (Fsp3) is 0.346. The predicted octanol–water partition coefficient (Wildman–Crippen LogP) is 3.59. The highest BCUT2D eigenvalue weighted by molar-refractivity contribution is 5.66. The Kier molecular flexibility index (Phi) is 7.37. The molecule has 1 unspecified atom stereocenters. The number of hydrogen-bond donors (Lipinski definition) is 2. The Bertz CT molecular complexity index is 1000. The lowest BCUT2D eigenvalue weighted by atomic mass is 10.0. The summed E-state index contributed by atoms with van der Waals surface area (Å²) in [5.74, 6) is 2.24. The van der Waals surface area contributed by atoms with E-state index in [0.717, 1.165) is 37.5 Å². The van der Waals surface area contributed by atoms with Crippen LogP contribution in [-0.2, 0) is 6.54 Å². The van der Waals surface area contributed by atoms with Gasteiger partial charge in [0.15, 0.2) is 0 Å². The van der Waals surface area contributed by atoms with Crippen molar-refractivity contribution in [1.29, 1.82) is 0 Å². The van der Waals surface area contributed by atoms with Gasteiger partial charge in [-0.05, 0) is 48.2 Å². The Morgan fingerprint density at radius 1 is 1.12 bits per heavy atom. The second-order valence-electron chi connectivity index (χ2n) is 8.37. The zero-order chi connectivity index (χ0) is 22.3. The van der Waals surface area contributed by atoms with E-state index in [1.54, 1.807) is 13.1 Å². The average Bonchev–Trinajstić information content (AvgIpc) is 3.25. The Hall–Kier alpha value is -2.93.